The maximum atomic E-state index is 13.4. The van der Waals surface area contributed by atoms with E-state index in [4.69, 9.17) is 4.74 Å². The zero-order valence-electron chi connectivity index (χ0n) is 17.8. The third-order valence-corrected chi connectivity index (χ3v) is 5.68. The molecule has 0 unspecified atom stereocenters. The number of carbonyl (C=O) groups excluding carboxylic acids is 1. The van der Waals surface area contributed by atoms with Crippen molar-refractivity contribution in [1.82, 2.24) is 9.97 Å². The van der Waals surface area contributed by atoms with Gasteiger partial charge in [-0.05, 0) is 44.5 Å². The van der Waals surface area contributed by atoms with E-state index in [2.05, 4.69) is 27.1 Å². The number of aliphatic hydroxyl groups is 1. The Kier molecular flexibility index (Phi) is 5.62. The quantitative estimate of drug-likeness (QED) is 0.755. The fourth-order valence-corrected chi connectivity index (χ4v) is 4.03. The van der Waals surface area contributed by atoms with Gasteiger partial charge in [-0.25, -0.2) is 9.97 Å². The van der Waals surface area contributed by atoms with Gasteiger partial charge in [0.2, 0.25) is 5.91 Å². The molecule has 0 spiro atoms. The van der Waals surface area contributed by atoms with E-state index in [1.54, 1.807) is 4.90 Å². The van der Waals surface area contributed by atoms with Gasteiger partial charge in [-0.3, -0.25) is 9.69 Å². The van der Waals surface area contributed by atoms with Crippen LogP contribution in [0.3, 0.4) is 0 Å². The largest absolute Gasteiger partial charge is 0.388 e. The number of anilines is 4. The van der Waals surface area contributed by atoms with E-state index in [-0.39, 0.29) is 12.5 Å². The van der Waals surface area contributed by atoms with Gasteiger partial charge in [-0.1, -0.05) is 6.92 Å². The number of carbonyl (C=O) groups is 1. The van der Waals surface area contributed by atoms with E-state index in [1.807, 2.05) is 38.1 Å². The average molecular weight is 412 g/mol. The molecule has 1 saturated heterocycles. The van der Waals surface area contributed by atoms with Gasteiger partial charge in [0.05, 0.1) is 29.9 Å². The van der Waals surface area contributed by atoms with Gasteiger partial charge >= 0.3 is 0 Å². The van der Waals surface area contributed by atoms with E-state index in [1.165, 1.54) is 0 Å². The minimum atomic E-state index is -0.776. The molecule has 1 aromatic carbocycles. The van der Waals surface area contributed by atoms with Crippen LogP contribution in [0.2, 0.25) is 0 Å². The topological polar surface area (TPSA) is 90.8 Å². The molecule has 0 atom stereocenters. The molecule has 0 aliphatic carbocycles. The molecule has 2 N–H and O–H groups in total. The Balaban J connectivity index is 1.74. The van der Waals surface area contributed by atoms with Gasteiger partial charge in [0.25, 0.3) is 0 Å². The summed E-state index contributed by atoms with van der Waals surface area (Å²) < 4.78 is 5.43. The Morgan fingerprint density at radius 2 is 1.80 bits per heavy atom. The van der Waals surface area contributed by atoms with Crippen LogP contribution in [0.4, 0.5) is 23.0 Å². The maximum Gasteiger partial charge on any atom is 0.243 e. The van der Waals surface area contributed by atoms with E-state index in [9.17, 15) is 9.90 Å². The lowest BCUT2D eigenvalue weighted by Gasteiger charge is -2.29. The fraction of sp³-hybridized carbons (Fsp3) is 0.500. The number of hydrogen-bond acceptors (Lipinski definition) is 7. The van der Waals surface area contributed by atoms with Crippen LogP contribution >= 0.6 is 0 Å². The summed E-state index contributed by atoms with van der Waals surface area (Å²) in [6.45, 7) is 9.48. The number of fused-ring (bicyclic) bond motifs is 1. The highest BCUT2D eigenvalue weighted by Crippen LogP contribution is 2.47. The van der Waals surface area contributed by atoms with Crippen molar-refractivity contribution in [3.05, 3.63) is 35.7 Å². The molecule has 4 rings (SSSR count). The second kappa shape index (κ2) is 8.20. The van der Waals surface area contributed by atoms with E-state index >= 15 is 0 Å². The summed E-state index contributed by atoms with van der Waals surface area (Å²) >= 11 is 0. The van der Waals surface area contributed by atoms with E-state index in [0.717, 1.165) is 56.2 Å². The zero-order valence-corrected chi connectivity index (χ0v) is 17.8. The number of aromatic nitrogens is 2. The van der Waals surface area contributed by atoms with Crippen LogP contribution in [0, 0.1) is 0 Å². The second-order valence-electron chi connectivity index (χ2n) is 8.15. The molecule has 30 heavy (non-hydrogen) atoms. The summed E-state index contributed by atoms with van der Waals surface area (Å²) in [4.78, 5) is 26.4. The Labute approximate surface area is 176 Å². The number of morpholine rings is 1. The highest BCUT2D eigenvalue weighted by Gasteiger charge is 2.48. The molecule has 160 valence electrons. The molecular weight excluding hydrogens is 382 g/mol. The Bertz CT molecular complexity index is 923. The second-order valence-corrected chi connectivity index (χ2v) is 8.15. The molecule has 3 heterocycles. The van der Waals surface area contributed by atoms with E-state index in [0.29, 0.717) is 17.5 Å². The number of rotatable bonds is 6. The minimum absolute atomic E-state index is 0.0550. The van der Waals surface area contributed by atoms with Crippen LogP contribution in [0.25, 0.3) is 0 Å². The molecule has 1 fully saturated rings. The highest BCUT2D eigenvalue weighted by atomic mass is 16.5. The fourth-order valence-electron chi connectivity index (χ4n) is 4.03. The summed E-state index contributed by atoms with van der Waals surface area (Å²) in [6, 6.07) is 7.97. The first-order chi connectivity index (χ1) is 14.5. The SMILES string of the molecule is CCCNc1nc(CO)nc2c1C(C)(C)C(=O)N2c1ccc(N2CCOCC2)cc1. The van der Waals surface area contributed by atoms with Crippen LogP contribution in [0.15, 0.2) is 24.3 Å². The molecule has 1 aromatic heterocycles. The van der Waals surface area contributed by atoms with Crippen molar-refractivity contribution in [2.45, 2.75) is 39.2 Å². The number of hydrogen-bond donors (Lipinski definition) is 2. The van der Waals surface area contributed by atoms with Crippen molar-refractivity contribution in [2.75, 3.05) is 48.0 Å². The lowest BCUT2D eigenvalue weighted by atomic mass is 9.87. The first-order valence-corrected chi connectivity index (χ1v) is 10.5. The van der Waals surface area contributed by atoms with Crippen molar-refractivity contribution >= 4 is 28.9 Å². The molecule has 0 bridgehead atoms. The molecule has 2 aliphatic rings. The lowest BCUT2D eigenvalue weighted by Crippen LogP contribution is -2.36. The van der Waals surface area contributed by atoms with Crippen LogP contribution in [-0.4, -0.2) is 53.8 Å². The number of aliphatic hydroxyl groups excluding tert-OH is 1. The minimum Gasteiger partial charge on any atom is -0.388 e. The Morgan fingerprint density at radius 3 is 2.43 bits per heavy atom. The number of benzene rings is 1. The monoisotopic (exact) mass is 411 g/mol. The molecular formula is C22H29N5O3. The van der Waals surface area contributed by atoms with Gasteiger partial charge in [0, 0.05) is 25.3 Å². The molecule has 1 amide bonds. The molecule has 8 nitrogen and oxygen atoms in total. The first-order valence-electron chi connectivity index (χ1n) is 10.5. The Hall–Kier alpha value is -2.71. The normalized spacial score (nSPS) is 17.9. The third-order valence-electron chi connectivity index (χ3n) is 5.68. The summed E-state index contributed by atoms with van der Waals surface area (Å²) in [5.41, 5.74) is 1.86. The molecule has 2 aliphatic heterocycles. The number of nitrogens with one attached hydrogen (secondary N) is 1. The summed E-state index contributed by atoms with van der Waals surface area (Å²) in [6.07, 6.45) is 0.925. The summed E-state index contributed by atoms with van der Waals surface area (Å²) in [7, 11) is 0. The first kappa shape index (κ1) is 20.6. The predicted molar refractivity (Wildman–Crippen MR) is 116 cm³/mol. The number of amides is 1. The lowest BCUT2D eigenvalue weighted by molar-refractivity contribution is -0.121. The number of ether oxygens (including phenoxy) is 1. The smallest absolute Gasteiger partial charge is 0.243 e. The van der Waals surface area contributed by atoms with Gasteiger partial charge in [-0.15, -0.1) is 0 Å². The van der Waals surface area contributed by atoms with Crippen LogP contribution in [0.5, 0.6) is 0 Å². The van der Waals surface area contributed by atoms with Crippen molar-refractivity contribution in [3.63, 3.8) is 0 Å². The summed E-state index contributed by atoms with van der Waals surface area (Å²) in [5.74, 6) is 1.41. The standard InChI is InChI=1S/C22H29N5O3/c1-4-9-23-19-18-20(25-17(14-28)24-19)27(21(29)22(18,2)3)16-7-5-15(6-8-16)26-10-12-30-13-11-26/h5-8,28H,4,9-14H2,1-3H3,(H,23,24,25). The number of nitrogens with zero attached hydrogens (tertiary/aromatic N) is 4. The average Bonchev–Trinajstić information content (AvgIpc) is 2.98. The molecule has 0 radical (unpaired) electrons. The maximum absolute atomic E-state index is 13.4. The van der Waals surface area contributed by atoms with Crippen LogP contribution < -0.4 is 15.1 Å². The van der Waals surface area contributed by atoms with Crippen molar-refractivity contribution in [2.24, 2.45) is 0 Å². The van der Waals surface area contributed by atoms with Crippen LogP contribution in [0.1, 0.15) is 38.6 Å². The van der Waals surface area contributed by atoms with Crippen molar-refractivity contribution < 1.29 is 14.6 Å². The van der Waals surface area contributed by atoms with E-state index < -0.39 is 5.41 Å². The molecule has 0 saturated carbocycles. The van der Waals surface area contributed by atoms with Gasteiger partial charge < -0.3 is 20.1 Å². The zero-order chi connectivity index (χ0) is 21.3. The van der Waals surface area contributed by atoms with Gasteiger partial charge in [-0.2, -0.15) is 0 Å². The predicted octanol–water partition coefficient (Wildman–Crippen LogP) is 2.58. The highest BCUT2D eigenvalue weighted by molar-refractivity contribution is 6.12. The van der Waals surface area contributed by atoms with Crippen molar-refractivity contribution in [3.8, 4) is 0 Å². The molecule has 8 heteroatoms. The van der Waals surface area contributed by atoms with Gasteiger partial charge in [0.1, 0.15) is 18.2 Å². The summed E-state index contributed by atoms with van der Waals surface area (Å²) in [5, 5.41) is 13.0. The Morgan fingerprint density at radius 1 is 1.13 bits per heavy atom. The van der Waals surface area contributed by atoms with Crippen molar-refractivity contribution in [1.29, 1.82) is 0 Å². The third kappa shape index (κ3) is 3.50. The van der Waals surface area contributed by atoms with Gasteiger partial charge in [0.15, 0.2) is 5.82 Å². The van der Waals surface area contributed by atoms with Crippen LogP contribution in [-0.2, 0) is 21.6 Å². The molecule has 2 aromatic rings.